The summed E-state index contributed by atoms with van der Waals surface area (Å²) < 4.78 is 5.13. The Bertz CT molecular complexity index is 706. The van der Waals surface area contributed by atoms with E-state index in [0.29, 0.717) is 31.0 Å². The number of fused-ring (bicyclic) bond motifs is 1. The number of hydrogen-bond donors (Lipinski definition) is 3. The number of amides is 2. The van der Waals surface area contributed by atoms with Crippen LogP contribution in [-0.2, 0) is 16.0 Å². The standard InChI is InChI=1S/C18H26N4O3S/c1-18(2,3)25-17(24)20-10-11-26-12-16(23)19-9-8-15-21-13-6-4-5-7-14(13)22-15/h4-7H,8-12H2,1-3H3,(H,19,23)(H,20,24)(H,21,22). The van der Waals surface area contributed by atoms with Crippen molar-refractivity contribution in [3.8, 4) is 0 Å². The van der Waals surface area contributed by atoms with Gasteiger partial charge in [0.25, 0.3) is 0 Å². The minimum atomic E-state index is -0.503. The average Bonchev–Trinajstić information content (AvgIpc) is 2.95. The number of carbonyl (C=O) groups is 2. The highest BCUT2D eigenvalue weighted by Gasteiger charge is 2.15. The lowest BCUT2D eigenvalue weighted by Gasteiger charge is -2.19. The van der Waals surface area contributed by atoms with E-state index in [0.717, 1.165) is 16.9 Å². The number of aromatic nitrogens is 2. The number of rotatable bonds is 8. The Balaban J connectivity index is 1.54. The quantitative estimate of drug-likeness (QED) is 0.613. The minimum Gasteiger partial charge on any atom is -0.444 e. The Morgan fingerprint density at radius 2 is 1.96 bits per heavy atom. The second-order valence-corrected chi connectivity index (χ2v) is 7.89. The average molecular weight is 378 g/mol. The molecule has 0 spiro atoms. The van der Waals surface area contributed by atoms with E-state index in [1.165, 1.54) is 11.8 Å². The van der Waals surface area contributed by atoms with Crippen LogP contribution in [0.2, 0.25) is 0 Å². The van der Waals surface area contributed by atoms with Gasteiger partial charge in [0, 0.05) is 25.3 Å². The highest BCUT2D eigenvalue weighted by atomic mass is 32.2. The van der Waals surface area contributed by atoms with Gasteiger partial charge >= 0.3 is 6.09 Å². The third-order valence-corrected chi connectivity index (χ3v) is 4.23. The molecule has 0 aliphatic rings. The molecule has 0 fully saturated rings. The predicted octanol–water partition coefficient (Wildman–Crippen LogP) is 2.48. The number of aromatic amines is 1. The first-order chi connectivity index (χ1) is 12.3. The number of ether oxygens (including phenoxy) is 1. The maximum Gasteiger partial charge on any atom is 0.407 e. The number of carbonyl (C=O) groups excluding carboxylic acids is 2. The second-order valence-electron chi connectivity index (χ2n) is 6.78. The van der Waals surface area contributed by atoms with E-state index < -0.39 is 11.7 Å². The smallest absolute Gasteiger partial charge is 0.407 e. The molecule has 1 aromatic carbocycles. The molecule has 2 aromatic rings. The number of hydrogen-bond acceptors (Lipinski definition) is 5. The van der Waals surface area contributed by atoms with Gasteiger partial charge in [0.2, 0.25) is 5.91 Å². The lowest BCUT2D eigenvalue weighted by Crippen LogP contribution is -2.34. The van der Waals surface area contributed by atoms with Crippen LogP contribution in [0, 0.1) is 0 Å². The van der Waals surface area contributed by atoms with Gasteiger partial charge in [-0.25, -0.2) is 9.78 Å². The van der Waals surface area contributed by atoms with E-state index in [9.17, 15) is 9.59 Å². The molecule has 0 aliphatic heterocycles. The van der Waals surface area contributed by atoms with Crippen molar-refractivity contribution < 1.29 is 14.3 Å². The number of nitrogens with zero attached hydrogens (tertiary/aromatic N) is 1. The highest BCUT2D eigenvalue weighted by Crippen LogP contribution is 2.10. The normalized spacial score (nSPS) is 11.3. The van der Waals surface area contributed by atoms with E-state index in [2.05, 4.69) is 20.6 Å². The number of thioether (sulfide) groups is 1. The minimum absolute atomic E-state index is 0.0246. The SMILES string of the molecule is CC(C)(C)OC(=O)NCCSCC(=O)NCCc1nc2ccccc2[nH]1. The molecule has 3 N–H and O–H groups in total. The molecule has 0 saturated heterocycles. The van der Waals surface area contributed by atoms with E-state index in [1.54, 1.807) is 0 Å². The molecule has 0 unspecified atom stereocenters. The van der Waals surface area contributed by atoms with Crippen LogP contribution in [-0.4, -0.2) is 52.2 Å². The first kappa shape index (κ1) is 20.1. The fourth-order valence-corrected chi connectivity index (χ4v) is 2.88. The number of alkyl carbamates (subject to hydrolysis) is 1. The van der Waals surface area contributed by atoms with Crippen molar-refractivity contribution in [1.82, 2.24) is 20.6 Å². The Morgan fingerprint density at radius 1 is 1.19 bits per heavy atom. The third kappa shape index (κ3) is 7.35. The van der Waals surface area contributed by atoms with Crippen molar-refractivity contribution in [2.75, 3.05) is 24.6 Å². The van der Waals surface area contributed by atoms with Crippen molar-refractivity contribution in [3.05, 3.63) is 30.1 Å². The van der Waals surface area contributed by atoms with Crippen LogP contribution in [0.5, 0.6) is 0 Å². The van der Waals surface area contributed by atoms with Crippen LogP contribution in [0.4, 0.5) is 4.79 Å². The van der Waals surface area contributed by atoms with E-state index >= 15 is 0 Å². The fraction of sp³-hybridized carbons (Fsp3) is 0.500. The topological polar surface area (TPSA) is 96.1 Å². The Labute approximate surface area is 157 Å². The maximum atomic E-state index is 11.8. The zero-order valence-corrected chi connectivity index (χ0v) is 16.2. The van der Waals surface area contributed by atoms with Gasteiger partial charge in [-0.2, -0.15) is 11.8 Å². The van der Waals surface area contributed by atoms with E-state index in [4.69, 9.17) is 4.74 Å². The van der Waals surface area contributed by atoms with Gasteiger partial charge in [-0.05, 0) is 32.9 Å². The Morgan fingerprint density at radius 3 is 2.69 bits per heavy atom. The lowest BCUT2D eigenvalue weighted by atomic mass is 10.2. The van der Waals surface area contributed by atoms with Crippen molar-refractivity contribution in [1.29, 1.82) is 0 Å². The van der Waals surface area contributed by atoms with Gasteiger partial charge in [-0.15, -0.1) is 0 Å². The number of nitrogens with one attached hydrogen (secondary N) is 3. The molecule has 0 bridgehead atoms. The summed E-state index contributed by atoms with van der Waals surface area (Å²) in [6.45, 7) is 6.45. The van der Waals surface area contributed by atoms with Gasteiger partial charge in [0.05, 0.1) is 16.8 Å². The van der Waals surface area contributed by atoms with Crippen molar-refractivity contribution >= 4 is 34.8 Å². The molecule has 1 aromatic heterocycles. The molecular weight excluding hydrogens is 352 g/mol. The molecule has 8 heteroatoms. The van der Waals surface area contributed by atoms with Crippen LogP contribution in [0.15, 0.2) is 24.3 Å². The van der Waals surface area contributed by atoms with Gasteiger partial charge in [-0.3, -0.25) is 4.79 Å². The van der Waals surface area contributed by atoms with Gasteiger partial charge in [0.1, 0.15) is 11.4 Å². The summed E-state index contributed by atoms with van der Waals surface area (Å²) in [5.41, 5.74) is 1.43. The number of para-hydroxylation sites is 2. The molecule has 2 rings (SSSR count). The molecule has 142 valence electrons. The maximum absolute atomic E-state index is 11.8. The highest BCUT2D eigenvalue weighted by molar-refractivity contribution is 7.99. The zero-order valence-electron chi connectivity index (χ0n) is 15.4. The Hall–Kier alpha value is -2.22. The van der Waals surface area contributed by atoms with Gasteiger partial charge in [0.15, 0.2) is 0 Å². The van der Waals surface area contributed by atoms with Gasteiger partial charge in [-0.1, -0.05) is 12.1 Å². The molecule has 0 radical (unpaired) electrons. The van der Waals surface area contributed by atoms with E-state index in [1.807, 2.05) is 45.0 Å². The van der Waals surface area contributed by atoms with Crippen LogP contribution in [0.3, 0.4) is 0 Å². The van der Waals surface area contributed by atoms with Crippen LogP contribution in [0.1, 0.15) is 26.6 Å². The summed E-state index contributed by atoms with van der Waals surface area (Å²) in [5.74, 6) is 1.84. The summed E-state index contributed by atoms with van der Waals surface area (Å²) in [6.07, 6.45) is 0.221. The number of H-pyrrole nitrogens is 1. The van der Waals surface area contributed by atoms with Crippen LogP contribution < -0.4 is 10.6 Å². The van der Waals surface area contributed by atoms with Crippen molar-refractivity contribution in [2.45, 2.75) is 32.8 Å². The molecule has 2 amide bonds. The van der Waals surface area contributed by atoms with Crippen LogP contribution in [0.25, 0.3) is 11.0 Å². The predicted molar refractivity (Wildman–Crippen MR) is 104 cm³/mol. The summed E-state index contributed by atoms with van der Waals surface area (Å²) in [7, 11) is 0. The largest absolute Gasteiger partial charge is 0.444 e. The van der Waals surface area contributed by atoms with E-state index in [-0.39, 0.29) is 5.91 Å². The summed E-state index contributed by atoms with van der Waals surface area (Å²) in [5, 5.41) is 5.54. The zero-order chi connectivity index (χ0) is 19.0. The first-order valence-electron chi connectivity index (χ1n) is 8.58. The molecule has 0 aliphatic carbocycles. The molecule has 26 heavy (non-hydrogen) atoms. The van der Waals surface area contributed by atoms with Crippen molar-refractivity contribution in [2.24, 2.45) is 0 Å². The summed E-state index contributed by atoms with van der Waals surface area (Å²) >= 11 is 1.47. The fourth-order valence-electron chi connectivity index (χ4n) is 2.20. The number of imidazole rings is 1. The third-order valence-electron chi connectivity index (χ3n) is 3.27. The van der Waals surface area contributed by atoms with Crippen LogP contribution >= 0.6 is 11.8 Å². The monoisotopic (exact) mass is 378 g/mol. The first-order valence-corrected chi connectivity index (χ1v) is 9.74. The molecular formula is C18H26N4O3S. The molecule has 7 nitrogen and oxygen atoms in total. The summed E-state index contributed by atoms with van der Waals surface area (Å²) in [6, 6.07) is 7.84. The van der Waals surface area contributed by atoms with Crippen molar-refractivity contribution in [3.63, 3.8) is 0 Å². The van der Waals surface area contributed by atoms with Gasteiger partial charge < -0.3 is 20.4 Å². The lowest BCUT2D eigenvalue weighted by molar-refractivity contribution is -0.118. The molecule has 0 saturated carbocycles. The second kappa shape index (κ2) is 9.47. The Kier molecular flexibility index (Phi) is 7.32. The number of benzene rings is 1. The molecule has 0 atom stereocenters. The summed E-state index contributed by atoms with van der Waals surface area (Å²) in [4.78, 5) is 31.0. The molecule has 1 heterocycles.